The van der Waals surface area contributed by atoms with Gasteiger partial charge in [-0.1, -0.05) is 82.1 Å². The van der Waals surface area contributed by atoms with Gasteiger partial charge in [-0.3, -0.25) is 19.7 Å². The SMILES string of the molecule is CCOc1cc(C(C)(C)C)ncc1C1=N[C@@](C)(C2C=CC(Cl)=CC2)[C@@](C)(c2ccc(Cl)cc2)N1C(=O)N1CCN(C(=O)C(C)C)CC1. The van der Waals surface area contributed by atoms with Gasteiger partial charge in [0.25, 0.3) is 0 Å². The zero-order valence-corrected chi connectivity index (χ0v) is 30.3. The third-order valence-electron chi connectivity index (χ3n) is 9.89. The van der Waals surface area contributed by atoms with Gasteiger partial charge in [0.2, 0.25) is 5.91 Å². The maximum absolute atomic E-state index is 15.1. The van der Waals surface area contributed by atoms with E-state index in [0.29, 0.717) is 66.4 Å². The number of rotatable bonds is 6. The molecule has 1 saturated heterocycles. The average molecular weight is 681 g/mol. The first-order valence-corrected chi connectivity index (χ1v) is 17.3. The average Bonchev–Trinajstić information content (AvgIpc) is 3.28. The number of halogens is 2. The van der Waals surface area contributed by atoms with Gasteiger partial charge < -0.3 is 14.5 Å². The highest BCUT2D eigenvalue weighted by Crippen LogP contribution is 2.54. The molecule has 3 heterocycles. The molecule has 8 nitrogen and oxygen atoms in total. The van der Waals surface area contributed by atoms with Crippen LogP contribution >= 0.6 is 23.2 Å². The van der Waals surface area contributed by atoms with Gasteiger partial charge in [-0.15, -0.1) is 0 Å². The van der Waals surface area contributed by atoms with Crippen LogP contribution in [0.5, 0.6) is 5.75 Å². The van der Waals surface area contributed by atoms with Crippen LogP contribution in [0.4, 0.5) is 4.79 Å². The Morgan fingerprint density at radius 3 is 2.23 bits per heavy atom. The number of aliphatic imine (C=N–C) groups is 1. The minimum atomic E-state index is -0.965. The highest BCUT2D eigenvalue weighted by Gasteiger charge is 2.62. The second-order valence-corrected chi connectivity index (χ2v) is 15.2. The molecule has 47 heavy (non-hydrogen) atoms. The number of urea groups is 1. The first kappa shape index (κ1) is 35.0. The third kappa shape index (κ3) is 6.43. The second-order valence-electron chi connectivity index (χ2n) is 14.3. The van der Waals surface area contributed by atoms with Crippen LogP contribution in [-0.2, 0) is 15.7 Å². The van der Waals surface area contributed by atoms with Gasteiger partial charge in [0, 0.05) is 71.4 Å². The number of benzene rings is 1. The molecule has 1 aromatic carbocycles. The van der Waals surface area contributed by atoms with Crippen molar-refractivity contribution in [3.05, 3.63) is 81.6 Å². The molecular formula is C37H47Cl2N5O3. The Balaban J connectivity index is 1.70. The molecule has 0 spiro atoms. The molecule has 2 aromatic rings. The van der Waals surface area contributed by atoms with E-state index in [9.17, 15) is 4.79 Å². The minimum absolute atomic E-state index is 0.0867. The fourth-order valence-electron chi connectivity index (χ4n) is 6.84. The van der Waals surface area contributed by atoms with Gasteiger partial charge in [-0.05, 0) is 51.0 Å². The predicted molar refractivity (Wildman–Crippen MR) is 189 cm³/mol. The Labute approximate surface area is 289 Å². The molecule has 2 aliphatic heterocycles. The summed E-state index contributed by atoms with van der Waals surface area (Å²) in [5.74, 6) is 1.04. The number of aromatic nitrogens is 1. The van der Waals surface area contributed by atoms with Crippen LogP contribution in [0.1, 0.15) is 78.6 Å². The van der Waals surface area contributed by atoms with Crippen molar-refractivity contribution >= 4 is 41.0 Å². The molecule has 3 aliphatic rings. The molecule has 3 amide bonds. The lowest BCUT2D eigenvalue weighted by Gasteiger charge is -2.49. The van der Waals surface area contributed by atoms with E-state index < -0.39 is 11.1 Å². The Hall–Kier alpha value is -3.36. The van der Waals surface area contributed by atoms with Crippen molar-refractivity contribution in [2.75, 3.05) is 32.8 Å². The number of carbonyl (C=O) groups excluding carboxylic acids is 2. The van der Waals surface area contributed by atoms with Gasteiger partial charge in [0.05, 0.1) is 23.2 Å². The number of carbonyl (C=O) groups is 2. The Kier molecular flexibility index (Phi) is 9.87. The molecule has 0 N–H and O–H groups in total. The Morgan fingerprint density at radius 2 is 1.68 bits per heavy atom. The molecule has 252 valence electrons. The van der Waals surface area contributed by atoms with Crippen molar-refractivity contribution in [1.29, 1.82) is 0 Å². The van der Waals surface area contributed by atoms with Crippen LogP contribution in [0.3, 0.4) is 0 Å². The number of amides is 3. The van der Waals surface area contributed by atoms with E-state index in [-0.39, 0.29) is 29.2 Å². The summed E-state index contributed by atoms with van der Waals surface area (Å²) in [6, 6.07) is 9.48. The lowest BCUT2D eigenvalue weighted by atomic mass is 9.66. The van der Waals surface area contributed by atoms with E-state index in [2.05, 4.69) is 40.7 Å². The van der Waals surface area contributed by atoms with Gasteiger partial charge in [0.15, 0.2) is 0 Å². The fraction of sp³-hybridized carbons (Fsp3) is 0.514. The van der Waals surface area contributed by atoms with Crippen molar-refractivity contribution in [2.24, 2.45) is 16.8 Å². The van der Waals surface area contributed by atoms with Gasteiger partial charge >= 0.3 is 6.03 Å². The standard InChI is InChI=1S/C37H47Cl2N5O3/c1-9-47-30-22-31(35(4,5)6)40-23-29(30)32-41-36(7,25-10-14-27(38)15-11-25)37(8,26-12-16-28(39)17-13-26)44(32)34(46)43-20-18-42(19-21-43)33(45)24(2)3/h10,12-17,22-25H,9,11,18-21H2,1-8H3/t25?,36-,37+/m0/s1. The summed E-state index contributed by atoms with van der Waals surface area (Å²) in [6.07, 6.45) is 8.48. The molecule has 5 rings (SSSR count). The maximum Gasteiger partial charge on any atom is 0.326 e. The summed E-state index contributed by atoms with van der Waals surface area (Å²) in [4.78, 5) is 43.9. The van der Waals surface area contributed by atoms with Crippen molar-refractivity contribution in [3.8, 4) is 5.75 Å². The fourth-order valence-corrected chi connectivity index (χ4v) is 7.13. The topological polar surface area (TPSA) is 78.3 Å². The zero-order valence-electron chi connectivity index (χ0n) is 28.8. The molecular weight excluding hydrogens is 633 g/mol. The van der Waals surface area contributed by atoms with Gasteiger partial charge in [-0.25, -0.2) is 4.79 Å². The number of ether oxygens (including phenoxy) is 1. The molecule has 0 bridgehead atoms. The van der Waals surface area contributed by atoms with E-state index in [0.717, 1.165) is 11.3 Å². The first-order chi connectivity index (χ1) is 22.1. The van der Waals surface area contributed by atoms with Gasteiger partial charge in [0.1, 0.15) is 11.6 Å². The van der Waals surface area contributed by atoms with E-state index in [1.165, 1.54) is 0 Å². The number of allylic oxidation sites excluding steroid dienone is 3. The summed E-state index contributed by atoms with van der Waals surface area (Å²) >= 11 is 12.8. The lowest BCUT2D eigenvalue weighted by molar-refractivity contribution is -0.135. The summed E-state index contributed by atoms with van der Waals surface area (Å²) in [5, 5.41) is 1.29. The first-order valence-electron chi connectivity index (χ1n) is 16.5. The third-order valence-corrected chi connectivity index (χ3v) is 10.4. The molecule has 0 saturated carbocycles. The van der Waals surface area contributed by atoms with Crippen LogP contribution in [0.2, 0.25) is 5.02 Å². The lowest BCUT2D eigenvalue weighted by Crippen LogP contribution is -2.63. The molecule has 3 atom stereocenters. The highest BCUT2D eigenvalue weighted by atomic mass is 35.5. The largest absolute Gasteiger partial charge is 0.493 e. The quantitative estimate of drug-likeness (QED) is 0.312. The van der Waals surface area contributed by atoms with Crippen molar-refractivity contribution < 1.29 is 14.3 Å². The van der Waals surface area contributed by atoms with Gasteiger partial charge in [-0.2, -0.15) is 0 Å². The van der Waals surface area contributed by atoms with Crippen molar-refractivity contribution in [1.82, 2.24) is 19.7 Å². The molecule has 0 radical (unpaired) electrons. The summed E-state index contributed by atoms with van der Waals surface area (Å²) in [5.41, 5.74) is 0.418. The van der Waals surface area contributed by atoms with Crippen LogP contribution < -0.4 is 4.74 Å². The molecule has 1 aromatic heterocycles. The predicted octanol–water partition coefficient (Wildman–Crippen LogP) is 7.79. The van der Waals surface area contributed by atoms with E-state index in [1.807, 2.05) is 78.0 Å². The number of amidine groups is 1. The normalized spacial score (nSPS) is 24.8. The number of hydrogen-bond donors (Lipinski definition) is 0. The van der Waals surface area contributed by atoms with Crippen LogP contribution in [0, 0.1) is 11.8 Å². The van der Waals surface area contributed by atoms with E-state index in [1.54, 1.807) is 6.20 Å². The smallest absolute Gasteiger partial charge is 0.326 e. The number of nitrogens with zero attached hydrogens (tertiary/aromatic N) is 5. The minimum Gasteiger partial charge on any atom is -0.493 e. The highest BCUT2D eigenvalue weighted by molar-refractivity contribution is 6.31. The van der Waals surface area contributed by atoms with Crippen LogP contribution in [0.25, 0.3) is 0 Å². The number of hydrogen-bond acceptors (Lipinski definition) is 5. The second kappa shape index (κ2) is 13.3. The Bertz CT molecular complexity index is 1600. The zero-order chi connectivity index (χ0) is 34.3. The van der Waals surface area contributed by atoms with Crippen molar-refractivity contribution in [2.45, 2.75) is 78.3 Å². The molecule has 1 aliphatic carbocycles. The number of piperazine rings is 1. The van der Waals surface area contributed by atoms with E-state index >= 15 is 4.79 Å². The molecule has 10 heteroatoms. The van der Waals surface area contributed by atoms with Crippen LogP contribution in [0.15, 0.2) is 64.8 Å². The molecule has 1 unspecified atom stereocenters. The van der Waals surface area contributed by atoms with E-state index in [4.69, 9.17) is 37.9 Å². The van der Waals surface area contributed by atoms with Crippen molar-refractivity contribution in [3.63, 3.8) is 0 Å². The molecule has 1 fully saturated rings. The Morgan fingerprint density at radius 1 is 1.04 bits per heavy atom. The summed E-state index contributed by atoms with van der Waals surface area (Å²) in [7, 11) is 0. The summed E-state index contributed by atoms with van der Waals surface area (Å²) in [6.45, 7) is 18.5. The van der Waals surface area contributed by atoms with Crippen LogP contribution in [-0.4, -0.2) is 75.8 Å². The maximum atomic E-state index is 15.1. The number of pyridine rings is 1. The summed E-state index contributed by atoms with van der Waals surface area (Å²) < 4.78 is 6.26. The monoisotopic (exact) mass is 679 g/mol.